The number of alkyl halides is 2. The lowest BCUT2D eigenvalue weighted by Crippen LogP contribution is -1.81. The van der Waals surface area contributed by atoms with E-state index >= 15 is 0 Å². The fraction of sp³-hybridized carbons (Fsp3) is 1.00. The van der Waals surface area contributed by atoms with Gasteiger partial charge < -0.3 is 0 Å². The molecule has 0 nitrogen and oxygen atoms in total. The molecule has 0 radical (unpaired) electrons. The van der Waals surface area contributed by atoms with Crippen LogP contribution >= 0.6 is 45.2 Å². The zero-order valence-corrected chi connectivity index (χ0v) is 8.73. The van der Waals surface area contributed by atoms with Crippen molar-refractivity contribution in [3.05, 3.63) is 0 Å². The quantitative estimate of drug-likeness (QED) is 0.475. The van der Waals surface area contributed by atoms with E-state index in [4.69, 9.17) is 0 Å². The first kappa shape index (κ1) is 6.58. The van der Waals surface area contributed by atoms with Crippen molar-refractivity contribution in [3.8, 4) is 0 Å². The van der Waals surface area contributed by atoms with Crippen LogP contribution in [0.4, 0.5) is 0 Å². The maximum Gasteiger partial charge on any atom is 0.0791 e. The largest absolute Gasteiger partial charge is 0.0791 e. The predicted octanol–water partition coefficient (Wildman–Crippen LogP) is 2.84. The third kappa shape index (κ3) is 0.930. The van der Waals surface area contributed by atoms with E-state index in [-0.39, 0.29) is 0 Å². The summed E-state index contributed by atoms with van der Waals surface area (Å²) in [6, 6.07) is 0. The van der Waals surface area contributed by atoms with Gasteiger partial charge in [0.1, 0.15) is 0 Å². The van der Waals surface area contributed by atoms with Crippen molar-refractivity contribution in [2.45, 2.75) is 15.3 Å². The van der Waals surface area contributed by atoms with E-state index in [9.17, 15) is 0 Å². The molecule has 0 N–H and O–H groups in total. The maximum absolute atomic E-state index is 2.53. The minimum atomic E-state index is 0.607. The third-order valence-corrected chi connectivity index (χ3v) is 5.78. The van der Waals surface area contributed by atoms with Crippen LogP contribution in [0.15, 0.2) is 0 Å². The van der Waals surface area contributed by atoms with E-state index in [1.807, 2.05) is 0 Å². The SMILES string of the molecule is CC1C(C)C1(I)I. The van der Waals surface area contributed by atoms with Gasteiger partial charge in [-0.1, -0.05) is 59.0 Å². The van der Waals surface area contributed by atoms with Gasteiger partial charge in [0.15, 0.2) is 0 Å². The van der Waals surface area contributed by atoms with Gasteiger partial charge in [0, 0.05) is 0 Å². The Morgan fingerprint density at radius 1 is 1.14 bits per heavy atom. The van der Waals surface area contributed by atoms with Gasteiger partial charge in [0.25, 0.3) is 0 Å². The topological polar surface area (TPSA) is 0 Å². The first-order chi connectivity index (χ1) is 3.07. The Bertz CT molecular complexity index is 78.1. The zero-order valence-electron chi connectivity index (χ0n) is 4.41. The van der Waals surface area contributed by atoms with Gasteiger partial charge in [-0.05, 0) is 11.8 Å². The van der Waals surface area contributed by atoms with Gasteiger partial charge >= 0.3 is 0 Å². The van der Waals surface area contributed by atoms with Crippen LogP contribution in [0.1, 0.15) is 13.8 Å². The molecule has 0 aromatic rings. The normalized spacial score (nSPS) is 46.3. The minimum Gasteiger partial charge on any atom is -0.0666 e. The Kier molecular flexibility index (Phi) is 1.61. The highest BCUT2D eigenvalue weighted by atomic mass is 127. The molecule has 1 fully saturated rings. The molecule has 1 rings (SSSR count). The summed E-state index contributed by atoms with van der Waals surface area (Å²) in [6.07, 6.45) is 0. The first-order valence-corrected chi connectivity index (χ1v) is 4.60. The van der Waals surface area contributed by atoms with Crippen LogP contribution in [0.5, 0.6) is 0 Å². The highest BCUT2D eigenvalue weighted by molar-refractivity contribution is 14.2. The first-order valence-electron chi connectivity index (χ1n) is 2.44. The zero-order chi connectivity index (χ0) is 5.65. The van der Waals surface area contributed by atoms with Crippen molar-refractivity contribution in [1.29, 1.82) is 0 Å². The molecular formula is C5H8I2. The molecule has 1 saturated carbocycles. The molecule has 1 aliphatic carbocycles. The number of hydrogen-bond acceptors (Lipinski definition) is 0. The minimum absolute atomic E-state index is 0.607. The van der Waals surface area contributed by atoms with E-state index < -0.39 is 0 Å². The second-order valence-corrected chi connectivity index (χ2v) is 7.89. The van der Waals surface area contributed by atoms with E-state index in [1.165, 1.54) is 0 Å². The fourth-order valence-electron chi connectivity index (χ4n) is 0.674. The second-order valence-electron chi connectivity index (χ2n) is 2.25. The number of rotatable bonds is 0. The predicted molar refractivity (Wildman–Crippen MR) is 49.1 cm³/mol. The Labute approximate surface area is 71.7 Å². The van der Waals surface area contributed by atoms with E-state index in [1.54, 1.807) is 0 Å². The Balaban J connectivity index is 2.52. The Hall–Kier alpha value is 1.46. The summed E-state index contributed by atoms with van der Waals surface area (Å²) < 4.78 is 0.607. The van der Waals surface area contributed by atoms with Crippen molar-refractivity contribution in [2.24, 2.45) is 11.8 Å². The molecule has 2 atom stereocenters. The van der Waals surface area contributed by atoms with Gasteiger partial charge in [0.05, 0.1) is 1.43 Å². The van der Waals surface area contributed by atoms with Gasteiger partial charge in [-0.25, -0.2) is 0 Å². The molecule has 0 aromatic carbocycles. The molecular weight excluding hydrogens is 314 g/mol. The van der Waals surface area contributed by atoms with Crippen LogP contribution in [0, 0.1) is 11.8 Å². The molecule has 42 valence electrons. The van der Waals surface area contributed by atoms with E-state index in [0.717, 1.165) is 11.8 Å². The fourth-order valence-corrected chi connectivity index (χ4v) is 2.47. The van der Waals surface area contributed by atoms with Crippen molar-refractivity contribution in [1.82, 2.24) is 0 Å². The van der Waals surface area contributed by atoms with Crippen LogP contribution in [-0.2, 0) is 0 Å². The molecule has 2 unspecified atom stereocenters. The highest BCUT2D eigenvalue weighted by Crippen LogP contribution is 2.61. The monoisotopic (exact) mass is 322 g/mol. The maximum atomic E-state index is 2.53. The Morgan fingerprint density at radius 2 is 1.29 bits per heavy atom. The molecule has 0 heterocycles. The van der Waals surface area contributed by atoms with E-state index in [0.29, 0.717) is 1.43 Å². The van der Waals surface area contributed by atoms with Crippen LogP contribution in [0.2, 0.25) is 0 Å². The van der Waals surface area contributed by atoms with Crippen LogP contribution < -0.4 is 0 Å². The lowest BCUT2D eigenvalue weighted by molar-refractivity contribution is 0.834. The standard InChI is InChI=1S/C5H8I2/c1-3-4(2)5(3,6)7/h3-4H,1-2H3. The van der Waals surface area contributed by atoms with Gasteiger partial charge in [0.2, 0.25) is 0 Å². The molecule has 2 heteroatoms. The molecule has 1 aliphatic rings. The summed E-state index contributed by atoms with van der Waals surface area (Å²) in [4.78, 5) is 0. The molecule has 0 aromatic heterocycles. The van der Waals surface area contributed by atoms with Crippen LogP contribution in [0.3, 0.4) is 0 Å². The molecule has 0 amide bonds. The van der Waals surface area contributed by atoms with Crippen molar-refractivity contribution >= 4 is 45.2 Å². The smallest absolute Gasteiger partial charge is 0.0666 e. The molecule has 0 aliphatic heterocycles. The molecule has 7 heavy (non-hydrogen) atoms. The third-order valence-electron chi connectivity index (χ3n) is 1.86. The average molecular weight is 322 g/mol. The van der Waals surface area contributed by atoms with Crippen LogP contribution in [0.25, 0.3) is 0 Å². The highest BCUT2D eigenvalue weighted by Gasteiger charge is 2.55. The average Bonchev–Trinajstić information content (AvgIpc) is 1.91. The summed E-state index contributed by atoms with van der Waals surface area (Å²) in [5.41, 5.74) is 0. The summed E-state index contributed by atoms with van der Waals surface area (Å²) in [7, 11) is 0. The number of hydrogen-bond donors (Lipinski definition) is 0. The Morgan fingerprint density at radius 3 is 1.29 bits per heavy atom. The van der Waals surface area contributed by atoms with Gasteiger partial charge in [-0.15, -0.1) is 0 Å². The van der Waals surface area contributed by atoms with Gasteiger partial charge in [-0.2, -0.15) is 0 Å². The summed E-state index contributed by atoms with van der Waals surface area (Å²) in [5.74, 6) is 1.88. The van der Waals surface area contributed by atoms with Crippen molar-refractivity contribution in [3.63, 3.8) is 0 Å². The van der Waals surface area contributed by atoms with Gasteiger partial charge in [-0.3, -0.25) is 0 Å². The van der Waals surface area contributed by atoms with E-state index in [2.05, 4.69) is 59.0 Å². The van der Waals surface area contributed by atoms with Crippen LogP contribution in [-0.4, -0.2) is 1.43 Å². The summed E-state index contributed by atoms with van der Waals surface area (Å²) in [6.45, 7) is 4.62. The van der Waals surface area contributed by atoms with Crippen molar-refractivity contribution in [2.75, 3.05) is 0 Å². The lowest BCUT2D eigenvalue weighted by atomic mass is 10.4. The summed E-state index contributed by atoms with van der Waals surface area (Å²) in [5, 5.41) is 0. The molecule has 0 spiro atoms. The molecule has 0 bridgehead atoms. The number of halogens is 2. The second kappa shape index (κ2) is 1.72. The molecule has 0 saturated heterocycles. The lowest BCUT2D eigenvalue weighted by Gasteiger charge is -1.88. The van der Waals surface area contributed by atoms with Crippen molar-refractivity contribution < 1.29 is 0 Å². The summed E-state index contributed by atoms with van der Waals surface area (Å²) >= 11 is 5.05.